The molecule has 5 heteroatoms. The van der Waals surface area contributed by atoms with Crippen molar-refractivity contribution in [2.24, 2.45) is 5.92 Å². The smallest absolute Gasteiger partial charge is 0.166 e. The van der Waals surface area contributed by atoms with Crippen molar-refractivity contribution in [2.45, 2.75) is 51.2 Å². The van der Waals surface area contributed by atoms with Crippen LogP contribution in [0, 0.1) is 23.4 Å². The van der Waals surface area contributed by atoms with E-state index >= 15 is 0 Å². The second kappa shape index (κ2) is 10.00. The highest BCUT2D eigenvalue weighted by Gasteiger charge is 2.26. The molecule has 3 aromatic rings. The van der Waals surface area contributed by atoms with Crippen molar-refractivity contribution in [3.05, 3.63) is 100 Å². The fourth-order valence-corrected chi connectivity index (χ4v) is 4.90. The largest absolute Gasteiger partial charge is 0.393 e. The van der Waals surface area contributed by atoms with Crippen molar-refractivity contribution < 1.29 is 23.0 Å². The third-order valence-corrected chi connectivity index (χ3v) is 7.29. The zero-order valence-corrected chi connectivity index (χ0v) is 19.7. The average molecular weight is 479 g/mol. The van der Waals surface area contributed by atoms with Crippen molar-refractivity contribution in [1.82, 2.24) is 0 Å². The van der Waals surface area contributed by atoms with Gasteiger partial charge in [-0.05, 0) is 78.8 Å². The molecule has 1 aliphatic heterocycles. The molecule has 0 spiro atoms. The predicted octanol–water partition coefficient (Wildman–Crippen LogP) is 7.19. The molecule has 2 aliphatic rings. The molecule has 1 N–H and O–H groups in total. The molecule has 35 heavy (non-hydrogen) atoms. The zero-order chi connectivity index (χ0) is 24.5. The fourth-order valence-electron chi connectivity index (χ4n) is 4.90. The van der Waals surface area contributed by atoms with Crippen molar-refractivity contribution in [1.29, 1.82) is 0 Å². The number of aryl methyl sites for hydroxylation is 2. The lowest BCUT2D eigenvalue weighted by molar-refractivity contribution is 0.120. The van der Waals surface area contributed by atoms with Gasteiger partial charge in [0.2, 0.25) is 0 Å². The van der Waals surface area contributed by atoms with Gasteiger partial charge in [0.25, 0.3) is 0 Å². The molecule has 3 unspecified atom stereocenters. The molecule has 0 aromatic heterocycles. The van der Waals surface area contributed by atoms with Gasteiger partial charge >= 0.3 is 0 Å². The summed E-state index contributed by atoms with van der Waals surface area (Å²) in [7, 11) is 0. The lowest BCUT2D eigenvalue weighted by Gasteiger charge is -2.24. The van der Waals surface area contributed by atoms with E-state index in [9.17, 15) is 18.3 Å². The summed E-state index contributed by atoms with van der Waals surface area (Å²) in [5.41, 5.74) is 4.60. The SMILES string of the molecule is CC(O)C1CC=C(c2ccc(CCc3ccc(-c4ccc(C5CO5)cc4F)cc3)c(F)c2F)CC1. The first-order chi connectivity index (χ1) is 16.9. The summed E-state index contributed by atoms with van der Waals surface area (Å²) in [6.07, 6.45) is 4.55. The maximum absolute atomic E-state index is 14.9. The standard InChI is InChI=1S/C30H29F3O2/c1-18(34)20-8-10-22(11-9-20)26-15-12-23(29(32)30(26)33)7-4-19-2-5-21(6-3-19)25-14-13-24(16-27(25)31)28-17-35-28/h2-3,5-6,10,12-16,18,20,28,34H,4,7-9,11,17H2,1H3. The van der Waals surface area contributed by atoms with Crippen LogP contribution in [0.25, 0.3) is 16.7 Å². The third-order valence-electron chi connectivity index (χ3n) is 7.29. The number of aliphatic hydroxyl groups excluding tert-OH is 1. The molecule has 0 saturated carbocycles. The highest BCUT2D eigenvalue weighted by molar-refractivity contribution is 5.67. The van der Waals surface area contributed by atoms with Crippen LogP contribution in [0.4, 0.5) is 13.2 Å². The maximum Gasteiger partial charge on any atom is 0.166 e. The van der Waals surface area contributed by atoms with Gasteiger partial charge in [-0.15, -0.1) is 0 Å². The minimum Gasteiger partial charge on any atom is -0.393 e. The van der Waals surface area contributed by atoms with E-state index < -0.39 is 17.7 Å². The molecule has 1 heterocycles. The first-order valence-corrected chi connectivity index (χ1v) is 12.3. The van der Waals surface area contributed by atoms with Gasteiger partial charge in [0.05, 0.1) is 12.7 Å². The number of halogens is 3. The van der Waals surface area contributed by atoms with E-state index in [1.807, 2.05) is 36.4 Å². The van der Waals surface area contributed by atoms with Crippen LogP contribution in [0.1, 0.15) is 54.5 Å². The number of allylic oxidation sites excluding steroid dienone is 2. The molecule has 2 nitrogen and oxygen atoms in total. The lowest BCUT2D eigenvalue weighted by atomic mass is 9.83. The van der Waals surface area contributed by atoms with Gasteiger partial charge in [-0.25, -0.2) is 13.2 Å². The van der Waals surface area contributed by atoms with Crippen molar-refractivity contribution in [3.8, 4) is 11.1 Å². The lowest BCUT2D eigenvalue weighted by Crippen LogP contribution is -2.18. The van der Waals surface area contributed by atoms with Crippen molar-refractivity contribution in [2.75, 3.05) is 6.61 Å². The zero-order valence-electron chi connectivity index (χ0n) is 19.7. The Morgan fingerprint density at radius 3 is 2.31 bits per heavy atom. The summed E-state index contributed by atoms with van der Waals surface area (Å²) in [5, 5.41) is 9.75. The molecule has 0 amide bonds. The summed E-state index contributed by atoms with van der Waals surface area (Å²) >= 11 is 0. The molecular weight excluding hydrogens is 449 g/mol. The summed E-state index contributed by atoms with van der Waals surface area (Å²) in [4.78, 5) is 0. The van der Waals surface area contributed by atoms with E-state index in [0.717, 1.165) is 28.7 Å². The minimum atomic E-state index is -0.796. The Morgan fingerprint density at radius 1 is 0.943 bits per heavy atom. The molecule has 1 fully saturated rings. The number of epoxide rings is 1. The van der Waals surface area contributed by atoms with Crippen LogP contribution in [0.15, 0.2) is 60.7 Å². The Labute approximate surface area is 204 Å². The summed E-state index contributed by atoms with van der Waals surface area (Å²) in [6, 6.07) is 16.0. The number of ether oxygens (including phenoxy) is 1. The monoisotopic (exact) mass is 478 g/mol. The topological polar surface area (TPSA) is 32.8 Å². The number of rotatable bonds is 7. The molecule has 182 valence electrons. The van der Waals surface area contributed by atoms with Gasteiger partial charge in [-0.2, -0.15) is 0 Å². The minimum absolute atomic E-state index is 0.0158. The second-order valence-corrected chi connectivity index (χ2v) is 9.66. The number of hydrogen-bond donors (Lipinski definition) is 1. The van der Waals surface area contributed by atoms with Gasteiger partial charge in [0, 0.05) is 11.1 Å². The van der Waals surface area contributed by atoms with E-state index in [-0.39, 0.29) is 17.8 Å². The highest BCUT2D eigenvalue weighted by atomic mass is 19.2. The maximum atomic E-state index is 14.9. The molecular formula is C30H29F3O2. The van der Waals surface area contributed by atoms with E-state index in [1.54, 1.807) is 25.1 Å². The fraction of sp³-hybridized carbons (Fsp3) is 0.333. The van der Waals surface area contributed by atoms with Crippen LogP contribution >= 0.6 is 0 Å². The Bertz CT molecular complexity index is 1240. The van der Waals surface area contributed by atoms with Crippen LogP contribution in [0.2, 0.25) is 0 Å². The number of hydrogen-bond acceptors (Lipinski definition) is 2. The summed E-state index contributed by atoms with van der Waals surface area (Å²) < 4.78 is 49.5. The summed E-state index contributed by atoms with van der Waals surface area (Å²) in [6.45, 7) is 2.41. The molecule has 1 saturated heterocycles. The van der Waals surface area contributed by atoms with Gasteiger partial charge in [0.1, 0.15) is 11.9 Å². The van der Waals surface area contributed by atoms with E-state index in [1.165, 1.54) is 6.07 Å². The Hall–Kier alpha value is -2.89. The van der Waals surface area contributed by atoms with E-state index in [4.69, 9.17) is 4.74 Å². The molecule has 1 aliphatic carbocycles. The number of benzene rings is 3. The van der Waals surface area contributed by atoms with Crippen molar-refractivity contribution in [3.63, 3.8) is 0 Å². The van der Waals surface area contributed by atoms with Gasteiger partial charge in [-0.3, -0.25) is 0 Å². The molecule has 0 bridgehead atoms. The Morgan fingerprint density at radius 2 is 1.69 bits per heavy atom. The third kappa shape index (κ3) is 5.21. The van der Waals surface area contributed by atoms with Crippen LogP contribution in [0.3, 0.4) is 0 Å². The first kappa shape index (κ1) is 23.8. The Kier molecular flexibility index (Phi) is 6.81. The van der Waals surface area contributed by atoms with Gasteiger partial charge in [0.15, 0.2) is 11.6 Å². The van der Waals surface area contributed by atoms with Crippen LogP contribution in [0.5, 0.6) is 0 Å². The van der Waals surface area contributed by atoms with Crippen LogP contribution < -0.4 is 0 Å². The average Bonchev–Trinajstić information content (AvgIpc) is 3.71. The Balaban J connectivity index is 1.25. The highest BCUT2D eigenvalue weighted by Crippen LogP contribution is 2.35. The second-order valence-electron chi connectivity index (χ2n) is 9.66. The van der Waals surface area contributed by atoms with Gasteiger partial charge in [-0.1, -0.05) is 54.6 Å². The number of aliphatic hydroxyl groups is 1. The van der Waals surface area contributed by atoms with Crippen LogP contribution in [-0.4, -0.2) is 17.8 Å². The van der Waals surface area contributed by atoms with E-state index in [2.05, 4.69) is 0 Å². The predicted molar refractivity (Wildman–Crippen MR) is 131 cm³/mol. The normalized spacial score (nSPS) is 20.4. The van der Waals surface area contributed by atoms with Gasteiger partial charge < -0.3 is 9.84 Å². The molecule has 5 rings (SSSR count). The van der Waals surface area contributed by atoms with Crippen LogP contribution in [-0.2, 0) is 17.6 Å². The molecule has 3 atom stereocenters. The summed E-state index contributed by atoms with van der Waals surface area (Å²) in [5.74, 6) is -1.70. The molecule has 3 aromatic carbocycles. The molecule has 0 radical (unpaired) electrons. The quantitative estimate of drug-likeness (QED) is 0.365. The first-order valence-electron chi connectivity index (χ1n) is 12.3. The van der Waals surface area contributed by atoms with Crippen molar-refractivity contribution >= 4 is 5.57 Å². The van der Waals surface area contributed by atoms with E-state index in [0.29, 0.717) is 49.0 Å².